The molecule has 0 saturated carbocycles. The predicted octanol–water partition coefficient (Wildman–Crippen LogP) is 0.822. The van der Waals surface area contributed by atoms with E-state index >= 15 is 0 Å². The third kappa shape index (κ3) is 1.07. The third-order valence-electron chi connectivity index (χ3n) is 1.97. The highest BCUT2D eigenvalue weighted by Crippen LogP contribution is 2.27. The number of nitrogens with one attached hydrogen (secondary N) is 1. The maximum absolute atomic E-state index is 9.34. The van der Waals surface area contributed by atoms with E-state index in [1.165, 1.54) is 0 Å². The van der Waals surface area contributed by atoms with Gasteiger partial charge >= 0.3 is 0 Å². The molecule has 0 radical (unpaired) electrons. The molecule has 0 unspecified atom stereocenters. The molecule has 1 atom stereocenters. The molecular weight excluding hydrogens is 140 g/mol. The average Bonchev–Trinajstić information content (AvgIpc) is 1.90. The zero-order valence-corrected chi connectivity index (χ0v) is 6.12. The van der Waals surface area contributed by atoms with Crippen molar-refractivity contribution in [1.29, 1.82) is 0 Å². The number of aromatic nitrogens is 1. The normalized spacial score (nSPS) is 22.7. The van der Waals surface area contributed by atoms with Gasteiger partial charge in [-0.2, -0.15) is 0 Å². The van der Waals surface area contributed by atoms with Crippen molar-refractivity contribution in [2.75, 3.05) is 6.54 Å². The zero-order valence-electron chi connectivity index (χ0n) is 6.12. The fraction of sp³-hybridized carbons (Fsp3) is 0.375. The number of nitrogens with zero attached hydrogens (tertiary/aromatic N) is 1. The highest BCUT2D eigenvalue weighted by Gasteiger charge is 2.21. The maximum atomic E-state index is 9.34. The van der Waals surface area contributed by atoms with Gasteiger partial charge in [-0.25, -0.2) is 0 Å². The Bertz CT molecular complexity index is 258. The zero-order chi connectivity index (χ0) is 7.68. The van der Waals surface area contributed by atoms with Crippen LogP contribution in [0, 0.1) is 0 Å². The van der Waals surface area contributed by atoms with Crippen LogP contribution in [0.4, 0.5) is 0 Å². The smallest absolute Gasteiger partial charge is 0.138 e. The Morgan fingerprint density at radius 1 is 1.64 bits per heavy atom. The van der Waals surface area contributed by atoms with Crippen LogP contribution in [0.15, 0.2) is 18.3 Å². The summed E-state index contributed by atoms with van der Waals surface area (Å²) in [5, 5.41) is 12.5. The number of aromatic hydroxyl groups is 1. The fourth-order valence-corrected chi connectivity index (χ4v) is 1.20. The molecule has 1 aliphatic rings. The van der Waals surface area contributed by atoms with Crippen LogP contribution in [0.2, 0.25) is 0 Å². The van der Waals surface area contributed by atoms with Gasteiger partial charge in [0.05, 0.1) is 11.7 Å². The molecular formula is C8H10N2O. The molecule has 1 fully saturated rings. The predicted molar refractivity (Wildman–Crippen MR) is 41.3 cm³/mol. The van der Waals surface area contributed by atoms with Gasteiger partial charge in [-0.1, -0.05) is 0 Å². The van der Waals surface area contributed by atoms with Gasteiger partial charge in [0.15, 0.2) is 0 Å². The van der Waals surface area contributed by atoms with Crippen LogP contribution in [0.3, 0.4) is 0 Å². The molecule has 3 nitrogen and oxygen atoms in total. The van der Waals surface area contributed by atoms with Crippen LogP contribution in [0.5, 0.6) is 5.75 Å². The lowest BCUT2D eigenvalue weighted by Crippen LogP contribution is -2.35. The van der Waals surface area contributed by atoms with Crippen molar-refractivity contribution in [2.45, 2.75) is 12.5 Å². The first-order valence-corrected chi connectivity index (χ1v) is 3.75. The minimum absolute atomic E-state index is 0.274. The van der Waals surface area contributed by atoms with Crippen LogP contribution in [0.1, 0.15) is 18.2 Å². The van der Waals surface area contributed by atoms with Gasteiger partial charge in [0, 0.05) is 6.20 Å². The highest BCUT2D eigenvalue weighted by atomic mass is 16.3. The molecule has 58 valence electrons. The molecule has 0 bridgehead atoms. The van der Waals surface area contributed by atoms with Gasteiger partial charge in [-0.15, -0.1) is 0 Å². The van der Waals surface area contributed by atoms with Crippen LogP contribution < -0.4 is 5.32 Å². The second-order valence-electron chi connectivity index (χ2n) is 2.70. The molecule has 0 aliphatic carbocycles. The number of hydrogen-bond donors (Lipinski definition) is 2. The van der Waals surface area contributed by atoms with Gasteiger partial charge in [0.1, 0.15) is 5.75 Å². The lowest BCUT2D eigenvalue weighted by molar-refractivity contribution is 0.355. The number of rotatable bonds is 1. The first-order chi connectivity index (χ1) is 5.38. The van der Waals surface area contributed by atoms with Crippen molar-refractivity contribution in [1.82, 2.24) is 10.3 Å². The summed E-state index contributed by atoms with van der Waals surface area (Å²) in [4.78, 5) is 4.09. The van der Waals surface area contributed by atoms with Gasteiger partial charge < -0.3 is 10.4 Å². The van der Waals surface area contributed by atoms with Crippen molar-refractivity contribution < 1.29 is 5.11 Å². The second-order valence-corrected chi connectivity index (χ2v) is 2.70. The lowest BCUT2D eigenvalue weighted by atomic mass is 10.0. The fourth-order valence-electron chi connectivity index (χ4n) is 1.20. The highest BCUT2D eigenvalue weighted by molar-refractivity contribution is 5.28. The summed E-state index contributed by atoms with van der Waals surface area (Å²) in [6, 6.07) is 3.68. The molecule has 2 N–H and O–H groups in total. The minimum atomic E-state index is 0.274. The molecule has 2 rings (SSSR count). The number of hydrogen-bond acceptors (Lipinski definition) is 3. The molecule has 0 amide bonds. The summed E-state index contributed by atoms with van der Waals surface area (Å²) >= 11 is 0. The van der Waals surface area contributed by atoms with Gasteiger partial charge in [0.25, 0.3) is 0 Å². The molecule has 1 aromatic heterocycles. The quantitative estimate of drug-likeness (QED) is 0.623. The van der Waals surface area contributed by atoms with E-state index in [1.807, 2.05) is 0 Å². The summed E-state index contributed by atoms with van der Waals surface area (Å²) in [5.74, 6) is 0.296. The summed E-state index contributed by atoms with van der Waals surface area (Å²) in [5.41, 5.74) is 0.777. The Labute approximate surface area is 65.1 Å². The molecule has 3 heteroatoms. The average molecular weight is 150 g/mol. The monoisotopic (exact) mass is 150 g/mol. The van der Waals surface area contributed by atoms with E-state index in [0.29, 0.717) is 5.75 Å². The molecule has 0 spiro atoms. The molecule has 2 heterocycles. The standard InChI is InChI=1S/C8H10N2O/c11-7-2-1-4-10-8(7)6-3-5-9-6/h1-2,4,6,9,11H,3,5H2/t6-/m1/s1. The first-order valence-electron chi connectivity index (χ1n) is 3.75. The Hall–Kier alpha value is -1.09. The topological polar surface area (TPSA) is 45.2 Å². The Morgan fingerprint density at radius 2 is 2.45 bits per heavy atom. The number of pyridine rings is 1. The van der Waals surface area contributed by atoms with Gasteiger partial charge in [-0.05, 0) is 25.1 Å². The van der Waals surface area contributed by atoms with E-state index in [9.17, 15) is 5.11 Å². The van der Waals surface area contributed by atoms with Gasteiger partial charge in [0.2, 0.25) is 0 Å². The van der Waals surface area contributed by atoms with Crippen LogP contribution >= 0.6 is 0 Å². The van der Waals surface area contributed by atoms with E-state index in [1.54, 1.807) is 18.3 Å². The van der Waals surface area contributed by atoms with Crippen molar-refractivity contribution in [2.24, 2.45) is 0 Å². The second kappa shape index (κ2) is 2.51. The van der Waals surface area contributed by atoms with Gasteiger partial charge in [-0.3, -0.25) is 4.98 Å². The summed E-state index contributed by atoms with van der Waals surface area (Å²) < 4.78 is 0. The molecule has 1 aliphatic heterocycles. The molecule has 11 heavy (non-hydrogen) atoms. The van der Waals surface area contributed by atoms with Crippen molar-refractivity contribution >= 4 is 0 Å². The Balaban J connectivity index is 2.28. The third-order valence-corrected chi connectivity index (χ3v) is 1.97. The van der Waals surface area contributed by atoms with E-state index in [0.717, 1.165) is 18.7 Å². The van der Waals surface area contributed by atoms with Crippen molar-refractivity contribution in [3.63, 3.8) is 0 Å². The van der Waals surface area contributed by atoms with E-state index in [4.69, 9.17) is 0 Å². The Kier molecular flexibility index (Phi) is 1.51. The van der Waals surface area contributed by atoms with E-state index in [2.05, 4.69) is 10.3 Å². The first kappa shape index (κ1) is 6.61. The van der Waals surface area contributed by atoms with Crippen molar-refractivity contribution in [3.05, 3.63) is 24.0 Å². The summed E-state index contributed by atoms with van der Waals surface area (Å²) in [6.07, 6.45) is 2.78. The van der Waals surface area contributed by atoms with E-state index < -0.39 is 0 Å². The summed E-state index contributed by atoms with van der Waals surface area (Å²) in [6.45, 7) is 1.03. The SMILES string of the molecule is Oc1cccnc1[C@H]1CCN1. The van der Waals surface area contributed by atoms with Crippen LogP contribution in [0.25, 0.3) is 0 Å². The molecule has 1 saturated heterocycles. The molecule has 1 aromatic rings. The largest absolute Gasteiger partial charge is 0.506 e. The van der Waals surface area contributed by atoms with Crippen molar-refractivity contribution in [3.8, 4) is 5.75 Å². The van der Waals surface area contributed by atoms with Crippen LogP contribution in [-0.2, 0) is 0 Å². The lowest BCUT2D eigenvalue weighted by Gasteiger charge is -2.27. The summed E-state index contributed by atoms with van der Waals surface area (Å²) in [7, 11) is 0. The maximum Gasteiger partial charge on any atom is 0.138 e. The Morgan fingerprint density at radius 3 is 3.00 bits per heavy atom. The van der Waals surface area contributed by atoms with Crippen LogP contribution in [-0.4, -0.2) is 16.6 Å². The minimum Gasteiger partial charge on any atom is -0.506 e. The van der Waals surface area contributed by atoms with E-state index in [-0.39, 0.29) is 6.04 Å². The molecule has 0 aromatic carbocycles.